The lowest BCUT2D eigenvalue weighted by molar-refractivity contribution is 0.368. The van der Waals surface area contributed by atoms with Gasteiger partial charge in [0.05, 0.1) is 0 Å². The van der Waals surface area contributed by atoms with E-state index in [4.69, 9.17) is 0 Å². The molecule has 0 saturated heterocycles. The lowest BCUT2D eigenvalue weighted by Crippen LogP contribution is -2.02. The van der Waals surface area contributed by atoms with Crippen LogP contribution in [0.25, 0.3) is 0 Å². The van der Waals surface area contributed by atoms with Gasteiger partial charge in [-0.15, -0.1) is 0 Å². The molecule has 124 valence electrons. The summed E-state index contributed by atoms with van der Waals surface area (Å²) in [6.45, 7) is 4.58. The minimum absolute atomic E-state index is 1.37. The Labute approximate surface area is 122 Å². The number of rotatable bonds is 12. The summed E-state index contributed by atoms with van der Waals surface area (Å²) in [5.74, 6) is 0. The van der Waals surface area contributed by atoms with E-state index in [1.807, 2.05) is 0 Å². The minimum atomic E-state index is -6.00. The topological polar surface area (TPSA) is 0 Å². The lowest BCUT2D eigenvalue weighted by atomic mass is 10.1. The van der Waals surface area contributed by atoms with Crippen molar-refractivity contribution in [2.24, 2.45) is 0 Å². The molecule has 0 atom stereocenters. The average Bonchev–Trinajstić information content (AvgIpc) is 2.34. The van der Waals surface area contributed by atoms with Gasteiger partial charge in [0.15, 0.2) is 0 Å². The van der Waals surface area contributed by atoms with Crippen molar-refractivity contribution in [1.29, 1.82) is 0 Å². The van der Waals surface area contributed by atoms with Gasteiger partial charge in [0.1, 0.15) is 0 Å². The maximum atomic E-state index is 9.75. The van der Waals surface area contributed by atoms with Gasteiger partial charge in [0.25, 0.3) is 0 Å². The van der Waals surface area contributed by atoms with Gasteiger partial charge >= 0.3 is 7.25 Å². The van der Waals surface area contributed by atoms with Crippen molar-refractivity contribution in [3.8, 4) is 0 Å². The first-order chi connectivity index (χ1) is 9.41. The molecule has 0 radical (unpaired) electrons. The fraction of sp³-hybridized carbons (Fsp3) is 1.00. The van der Waals surface area contributed by atoms with Gasteiger partial charge < -0.3 is 17.3 Å². The molecule has 0 aromatic carbocycles. The molecule has 0 unspecified atom stereocenters. The van der Waals surface area contributed by atoms with Crippen LogP contribution >= 0.6 is 0 Å². The number of hydrogen-bond acceptors (Lipinski definition) is 0. The van der Waals surface area contributed by atoms with Gasteiger partial charge in [0, 0.05) is 0 Å². The summed E-state index contributed by atoms with van der Waals surface area (Å²) in [4.78, 5) is 0. The van der Waals surface area contributed by atoms with Crippen LogP contribution in [0, 0.1) is 0 Å². The highest BCUT2D eigenvalue weighted by molar-refractivity contribution is 6.50. The molecule has 0 aliphatic rings. The van der Waals surface area contributed by atoms with Gasteiger partial charge in [-0.1, -0.05) is 97.3 Å². The van der Waals surface area contributed by atoms with Crippen molar-refractivity contribution in [2.45, 2.75) is 97.3 Å². The molecule has 0 bridgehead atoms. The van der Waals surface area contributed by atoms with Crippen molar-refractivity contribution in [3.05, 3.63) is 0 Å². The fourth-order valence-corrected chi connectivity index (χ4v) is 2.09. The van der Waals surface area contributed by atoms with Gasteiger partial charge in [-0.05, 0) is 0 Å². The van der Waals surface area contributed by atoms with Crippen molar-refractivity contribution < 1.29 is 17.3 Å². The highest BCUT2D eigenvalue weighted by Crippen LogP contribution is 2.12. The standard InChI is InChI=1S/C15H32.BF4/c1-3-5-7-9-11-13-15-14-12-10-8-6-4-2;2-1(3,4)5/h3-15H2,1-2H3;/q;-1. The predicted octanol–water partition coefficient (Wildman–Crippen LogP) is 7.40. The van der Waals surface area contributed by atoms with Crippen LogP contribution in [-0.4, -0.2) is 7.25 Å². The van der Waals surface area contributed by atoms with Crippen LogP contribution < -0.4 is 0 Å². The van der Waals surface area contributed by atoms with Gasteiger partial charge in [-0.3, -0.25) is 0 Å². The third kappa shape index (κ3) is 36.1. The monoisotopic (exact) mass is 299 g/mol. The number of hydrogen-bond donors (Lipinski definition) is 0. The van der Waals surface area contributed by atoms with E-state index in [-0.39, 0.29) is 0 Å². The first-order valence-electron chi connectivity index (χ1n) is 8.29. The fourth-order valence-electron chi connectivity index (χ4n) is 2.09. The molecule has 0 spiro atoms. The quantitative estimate of drug-likeness (QED) is 0.200. The largest absolute Gasteiger partial charge is 0.673 e. The minimum Gasteiger partial charge on any atom is -0.418 e. The van der Waals surface area contributed by atoms with Crippen LogP contribution in [0.3, 0.4) is 0 Å². The maximum Gasteiger partial charge on any atom is 0.673 e. The molecule has 20 heavy (non-hydrogen) atoms. The summed E-state index contributed by atoms with van der Waals surface area (Å²) in [6.07, 6.45) is 18.9. The Morgan fingerprint density at radius 2 is 0.600 bits per heavy atom. The van der Waals surface area contributed by atoms with E-state index in [1.165, 1.54) is 83.5 Å². The third-order valence-electron chi connectivity index (χ3n) is 3.21. The zero-order valence-corrected chi connectivity index (χ0v) is 13.3. The maximum absolute atomic E-state index is 9.75. The van der Waals surface area contributed by atoms with Crippen molar-refractivity contribution in [1.82, 2.24) is 0 Å². The van der Waals surface area contributed by atoms with Crippen molar-refractivity contribution in [3.63, 3.8) is 0 Å². The van der Waals surface area contributed by atoms with Gasteiger partial charge in [0.2, 0.25) is 0 Å². The molecule has 0 rings (SSSR count). The second-order valence-corrected chi connectivity index (χ2v) is 5.38. The molecule has 5 heteroatoms. The van der Waals surface area contributed by atoms with Crippen LogP contribution in [0.1, 0.15) is 97.3 Å². The van der Waals surface area contributed by atoms with Crippen LogP contribution in [0.4, 0.5) is 17.3 Å². The Hall–Kier alpha value is -0.215. The molecule has 0 nitrogen and oxygen atoms in total. The first-order valence-corrected chi connectivity index (χ1v) is 8.29. The molecular weight excluding hydrogens is 267 g/mol. The van der Waals surface area contributed by atoms with E-state index in [1.54, 1.807) is 0 Å². The predicted molar refractivity (Wildman–Crippen MR) is 81.6 cm³/mol. The molecule has 0 aromatic rings. The molecule has 0 aliphatic carbocycles. The third-order valence-corrected chi connectivity index (χ3v) is 3.21. The summed E-state index contributed by atoms with van der Waals surface area (Å²) in [5.41, 5.74) is 0. The number of halogens is 4. The molecule has 0 saturated carbocycles. The zero-order valence-electron chi connectivity index (χ0n) is 13.3. The Morgan fingerprint density at radius 1 is 0.450 bits per heavy atom. The van der Waals surface area contributed by atoms with E-state index in [2.05, 4.69) is 13.8 Å². The molecule has 0 aromatic heterocycles. The zero-order chi connectivity index (χ0) is 15.7. The van der Waals surface area contributed by atoms with Crippen LogP contribution in [-0.2, 0) is 0 Å². The summed E-state index contributed by atoms with van der Waals surface area (Å²) in [7, 11) is -6.00. The highest BCUT2D eigenvalue weighted by Gasteiger charge is 2.20. The molecular formula is C15H32BF4-. The summed E-state index contributed by atoms with van der Waals surface area (Å²) in [5, 5.41) is 0. The Morgan fingerprint density at radius 3 is 0.750 bits per heavy atom. The highest BCUT2D eigenvalue weighted by atomic mass is 19.5. The molecule has 0 amide bonds. The SMILES string of the molecule is CCCCCCCCCCCCCCC.F[B-](F)(F)F. The molecule has 0 N–H and O–H groups in total. The van der Waals surface area contributed by atoms with Crippen molar-refractivity contribution >= 4 is 7.25 Å². The molecule has 0 aliphatic heterocycles. The number of unbranched alkanes of at least 4 members (excludes halogenated alkanes) is 12. The molecule has 0 fully saturated rings. The van der Waals surface area contributed by atoms with Crippen LogP contribution in [0.2, 0.25) is 0 Å². The van der Waals surface area contributed by atoms with Crippen molar-refractivity contribution in [2.75, 3.05) is 0 Å². The summed E-state index contributed by atoms with van der Waals surface area (Å²) >= 11 is 0. The Bertz CT molecular complexity index is 154. The van der Waals surface area contributed by atoms with Gasteiger partial charge in [-0.25, -0.2) is 0 Å². The Kier molecular flexibility index (Phi) is 18.6. The van der Waals surface area contributed by atoms with Gasteiger partial charge in [-0.2, -0.15) is 0 Å². The molecule has 0 heterocycles. The van der Waals surface area contributed by atoms with E-state index >= 15 is 0 Å². The summed E-state index contributed by atoms with van der Waals surface area (Å²) in [6, 6.07) is 0. The second-order valence-electron chi connectivity index (χ2n) is 5.38. The van der Waals surface area contributed by atoms with Crippen LogP contribution in [0.15, 0.2) is 0 Å². The average molecular weight is 299 g/mol. The van der Waals surface area contributed by atoms with E-state index in [0.717, 1.165) is 0 Å². The smallest absolute Gasteiger partial charge is 0.418 e. The van der Waals surface area contributed by atoms with Crippen LogP contribution in [0.5, 0.6) is 0 Å². The summed E-state index contributed by atoms with van der Waals surface area (Å²) < 4.78 is 39.0. The Balaban J connectivity index is 0. The normalized spacial score (nSPS) is 11.1. The first kappa shape index (κ1) is 22.1. The van der Waals surface area contributed by atoms with E-state index < -0.39 is 7.25 Å². The van der Waals surface area contributed by atoms with E-state index in [9.17, 15) is 17.3 Å². The second kappa shape index (κ2) is 16.8. The van der Waals surface area contributed by atoms with E-state index in [0.29, 0.717) is 0 Å². The lowest BCUT2D eigenvalue weighted by Gasteiger charge is -2.01.